The fourth-order valence-electron chi connectivity index (χ4n) is 2.42. The largest absolute Gasteiger partial charge is 0.377 e. The van der Waals surface area contributed by atoms with E-state index in [1.165, 1.54) is 21.0 Å². The number of nitrogens with zero attached hydrogens (tertiary/aromatic N) is 2. The van der Waals surface area contributed by atoms with Crippen molar-refractivity contribution in [3.8, 4) is 0 Å². The molecule has 0 radical (unpaired) electrons. The highest BCUT2D eigenvalue weighted by molar-refractivity contribution is 14.0. The van der Waals surface area contributed by atoms with E-state index in [9.17, 15) is 0 Å². The van der Waals surface area contributed by atoms with Gasteiger partial charge in [0.25, 0.3) is 0 Å². The van der Waals surface area contributed by atoms with E-state index >= 15 is 0 Å². The van der Waals surface area contributed by atoms with Crippen molar-refractivity contribution >= 4 is 41.3 Å². The van der Waals surface area contributed by atoms with E-state index in [2.05, 4.69) is 52.7 Å². The lowest BCUT2D eigenvalue weighted by atomic mass is 10.1. The minimum Gasteiger partial charge on any atom is -0.377 e. The van der Waals surface area contributed by atoms with Gasteiger partial charge >= 0.3 is 0 Å². The molecule has 7 heteroatoms. The second-order valence-corrected chi connectivity index (χ2v) is 7.05. The molecule has 0 bridgehead atoms. The maximum Gasteiger partial charge on any atom is 0.191 e. The first kappa shape index (κ1) is 22.9. The molecule has 0 unspecified atom stereocenters. The summed E-state index contributed by atoms with van der Waals surface area (Å²) in [6.07, 6.45) is 0.904. The Bertz CT molecular complexity index is 683. The van der Waals surface area contributed by atoms with Gasteiger partial charge in [0.1, 0.15) is 0 Å². The second-order valence-electron chi connectivity index (χ2n) is 5.76. The van der Waals surface area contributed by atoms with Gasteiger partial charge in [-0.1, -0.05) is 24.3 Å². The first-order valence-electron chi connectivity index (χ1n) is 8.66. The maximum absolute atomic E-state index is 5.54. The molecule has 0 aliphatic carbocycles. The summed E-state index contributed by atoms with van der Waals surface area (Å²) in [6, 6.07) is 8.32. The molecular weight excluding hydrogens is 459 g/mol. The van der Waals surface area contributed by atoms with Gasteiger partial charge < -0.3 is 15.4 Å². The number of aromatic nitrogens is 1. The van der Waals surface area contributed by atoms with Crippen molar-refractivity contribution in [2.24, 2.45) is 4.99 Å². The lowest BCUT2D eigenvalue weighted by molar-refractivity contribution is 0.133. The standard InChI is InChI=1S/C19H28N4OS.HI/c1-5-24-13-17-9-7-6-8-16(17)12-22-19(20-4)21-11-10-18-23-14(2)15(3)25-18;/h6-9H,5,10-13H2,1-4H3,(H2,20,21,22);1H. The fraction of sp³-hybridized carbons (Fsp3) is 0.474. The molecule has 5 nitrogen and oxygen atoms in total. The average Bonchev–Trinajstić information content (AvgIpc) is 2.94. The normalized spacial score (nSPS) is 11.2. The third-order valence-electron chi connectivity index (χ3n) is 3.95. The minimum atomic E-state index is 0. The van der Waals surface area contributed by atoms with Crippen molar-refractivity contribution < 1.29 is 4.74 Å². The van der Waals surface area contributed by atoms with Crippen molar-refractivity contribution in [2.75, 3.05) is 20.2 Å². The molecule has 1 heterocycles. The summed E-state index contributed by atoms with van der Waals surface area (Å²) < 4.78 is 5.54. The number of nitrogens with one attached hydrogen (secondary N) is 2. The summed E-state index contributed by atoms with van der Waals surface area (Å²) in [5, 5.41) is 7.89. The van der Waals surface area contributed by atoms with E-state index < -0.39 is 0 Å². The van der Waals surface area contributed by atoms with Crippen molar-refractivity contribution in [1.29, 1.82) is 0 Å². The highest BCUT2D eigenvalue weighted by Gasteiger charge is 2.06. The van der Waals surface area contributed by atoms with Crippen LogP contribution >= 0.6 is 35.3 Å². The van der Waals surface area contributed by atoms with Crippen LogP contribution in [0.5, 0.6) is 0 Å². The molecule has 2 rings (SSSR count). The Labute approximate surface area is 177 Å². The van der Waals surface area contributed by atoms with Crippen LogP contribution in [0.4, 0.5) is 0 Å². The zero-order valence-electron chi connectivity index (χ0n) is 16.0. The van der Waals surface area contributed by atoms with Crippen LogP contribution in [-0.2, 0) is 24.3 Å². The third kappa shape index (κ3) is 7.20. The molecule has 1 aromatic heterocycles. The molecule has 0 spiro atoms. The minimum absolute atomic E-state index is 0. The Morgan fingerprint density at radius 3 is 2.54 bits per heavy atom. The Morgan fingerprint density at radius 1 is 1.19 bits per heavy atom. The van der Waals surface area contributed by atoms with Crippen molar-refractivity contribution in [2.45, 2.75) is 40.3 Å². The second kappa shape index (κ2) is 12.2. The lowest BCUT2D eigenvalue weighted by Gasteiger charge is -2.14. The number of ether oxygens (including phenoxy) is 1. The van der Waals surface area contributed by atoms with Crippen LogP contribution in [0, 0.1) is 13.8 Å². The van der Waals surface area contributed by atoms with Crippen LogP contribution < -0.4 is 10.6 Å². The number of benzene rings is 1. The number of aliphatic imine (C=N–C) groups is 1. The predicted octanol–water partition coefficient (Wildman–Crippen LogP) is 3.82. The van der Waals surface area contributed by atoms with Gasteiger partial charge in [-0.05, 0) is 31.9 Å². The number of rotatable bonds is 8. The molecule has 0 aliphatic heterocycles. The maximum atomic E-state index is 5.54. The molecule has 26 heavy (non-hydrogen) atoms. The molecular formula is C19H29IN4OS. The molecule has 0 saturated carbocycles. The van der Waals surface area contributed by atoms with Crippen LogP contribution in [0.2, 0.25) is 0 Å². The van der Waals surface area contributed by atoms with Crippen LogP contribution in [0.1, 0.15) is 33.6 Å². The Hall–Kier alpha value is -1.19. The highest BCUT2D eigenvalue weighted by atomic mass is 127. The van der Waals surface area contributed by atoms with Gasteiger partial charge in [-0.2, -0.15) is 0 Å². The molecule has 0 fully saturated rings. The van der Waals surface area contributed by atoms with Gasteiger partial charge in [0, 0.05) is 38.0 Å². The number of hydrogen-bond donors (Lipinski definition) is 2. The van der Waals surface area contributed by atoms with E-state index in [4.69, 9.17) is 4.74 Å². The number of thiazole rings is 1. The first-order valence-corrected chi connectivity index (χ1v) is 9.47. The quantitative estimate of drug-likeness (QED) is 0.337. The van der Waals surface area contributed by atoms with Crippen LogP contribution in [-0.4, -0.2) is 31.1 Å². The number of halogens is 1. The molecule has 0 saturated heterocycles. The summed E-state index contributed by atoms with van der Waals surface area (Å²) >= 11 is 1.77. The highest BCUT2D eigenvalue weighted by Crippen LogP contribution is 2.16. The van der Waals surface area contributed by atoms with Crippen molar-refractivity contribution in [3.63, 3.8) is 0 Å². The van der Waals surface area contributed by atoms with E-state index in [1.54, 1.807) is 18.4 Å². The molecule has 2 N–H and O–H groups in total. The van der Waals surface area contributed by atoms with Gasteiger partial charge in [0.2, 0.25) is 0 Å². The van der Waals surface area contributed by atoms with Gasteiger partial charge in [0.05, 0.1) is 17.3 Å². The lowest BCUT2D eigenvalue weighted by Crippen LogP contribution is -2.38. The summed E-state index contributed by atoms with van der Waals surface area (Å²) in [5.41, 5.74) is 3.57. The third-order valence-corrected chi connectivity index (χ3v) is 5.09. The molecule has 1 aromatic carbocycles. The van der Waals surface area contributed by atoms with E-state index in [0.717, 1.165) is 37.8 Å². The zero-order chi connectivity index (χ0) is 18.1. The number of hydrogen-bond acceptors (Lipinski definition) is 4. The molecule has 0 amide bonds. The Kier molecular flexibility index (Phi) is 10.8. The van der Waals surface area contributed by atoms with E-state index in [-0.39, 0.29) is 24.0 Å². The topological polar surface area (TPSA) is 58.5 Å². The average molecular weight is 488 g/mol. The van der Waals surface area contributed by atoms with Crippen molar-refractivity contribution in [1.82, 2.24) is 15.6 Å². The van der Waals surface area contributed by atoms with Gasteiger partial charge in [-0.15, -0.1) is 35.3 Å². The van der Waals surface area contributed by atoms with Crippen LogP contribution in [0.15, 0.2) is 29.3 Å². The SMILES string of the molecule is CCOCc1ccccc1CNC(=NC)NCCc1nc(C)c(C)s1.I. The number of aryl methyl sites for hydroxylation is 2. The summed E-state index contributed by atoms with van der Waals surface area (Å²) in [6.45, 7) is 9.08. The Morgan fingerprint density at radius 2 is 1.92 bits per heavy atom. The summed E-state index contributed by atoms with van der Waals surface area (Å²) in [4.78, 5) is 10.2. The van der Waals surface area contributed by atoms with E-state index in [0.29, 0.717) is 6.61 Å². The summed E-state index contributed by atoms with van der Waals surface area (Å²) in [7, 11) is 1.79. The van der Waals surface area contributed by atoms with Crippen molar-refractivity contribution in [3.05, 3.63) is 51.0 Å². The zero-order valence-corrected chi connectivity index (χ0v) is 19.1. The first-order chi connectivity index (χ1) is 12.1. The van der Waals surface area contributed by atoms with Gasteiger partial charge in [-0.3, -0.25) is 4.99 Å². The molecule has 0 aliphatic rings. The molecule has 144 valence electrons. The smallest absolute Gasteiger partial charge is 0.191 e. The van der Waals surface area contributed by atoms with Gasteiger partial charge in [-0.25, -0.2) is 4.98 Å². The Balaban J connectivity index is 0.00000338. The number of guanidine groups is 1. The van der Waals surface area contributed by atoms with Gasteiger partial charge in [0.15, 0.2) is 5.96 Å². The van der Waals surface area contributed by atoms with E-state index in [1.807, 2.05) is 13.0 Å². The fourth-order valence-corrected chi connectivity index (χ4v) is 3.35. The van der Waals surface area contributed by atoms with Crippen LogP contribution in [0.25, 0.3) is 0 Å². The molecule has 2 aromatic rings. The monoisotopic (exact) mass is 488 g/mol. The molecule has 0 atom stereocenters. The summed E-state index contributed by atoms with van der Waals surface area (Å²) in [5.74, 6) is 0.802. The van der Waals surface area contributed by atoms with Crippen LogP contribution in [0.3, 0.4) is 0 Å². The predicted molar refractivity (Wildman–Crippen MR) is 121 cm³/mol.